The molecule has 2 atom stereocenters. The molecule has 150 valence electrons. The van der Waals surface area contributed by atoms with Gasteiger partial charge >= 0.3 is 0 Å². The molecule has 0 amide bonds. The maximum Gasteiger partial charge on any atom is 0.242 e. The third-order valence-corrected chi connectivity index (χ3v) is 7.17. The lowest BCUT2D eigenvalue weighted by atomic mass is 10.1. The zero-order valence-corrected chi connectivity index (χ0v) is 17.0. The number of β-amino-alcohol motifs (C(OH)–C–C–N with tert-alkyl or cyclic N) is 1. The van der Waals surface area contributed by atoms with E-state index in [0.29, 0.717) is 13.1 Å². The van der Waals surface area contributed by atoms with Gasteiger partial charge in [-0.2, -0.15) is 5.26 Å². The lowest BCUT2D eigenvalue weighted by molar-refractivity contribution is 0.171. The minimum absolute atomic E-state index is 0.191. The van der Waals surface area contributed by atoms with E-state index >= 15 is 0 Å². The van der Waals surface area contributed by atoms with Crippen molar-refractivity contribution in [1.82, 2.24) is 9.29 Å². The highest BCUT2D eigenvalue weighted by molar-refractivity contribution is 7.89. The number of aromatic nitrogens is 1. The van der Waals surface area contributed by atoms with E-state index in [2.05, 4.69) is 11.1 Å². The zero-order valence-electron chi connectivity index (χ0n) is 16.2. The van der Waals surface area contributed by atoms with Crippen molar-refractivity contribution in [3.8, 4) is 17.3 Å². The minimum Gasteiger partial charge on any atom is -0.390 e. The first-order chi connectivity index (χ1) is 13.8. The number of hydrogen-bond acceptors (Lipinski definition) is 5. The van der Waals surface area contributed by atoms with Gasteiger partial charge in [0.05, 0.1) is 23.0 Å². The maximum atomic E-state index is 12.7. The second-order valence-electron chi connectivity index (χ2n) is 7.44. The lowest BCUT2D eigenvalue weighted by Gasteiger charge is -2.22. The Kier molecular flexibility index (Phi) is 4.82. The monoisotopic (exact) mass is 410 g/mol. The molecule has 7 nitrogen and oxygen atoms in total. The molecule has 1 fully saturated rings. The number of aliphatic hydroxyl groups is 1. The number of nitrogens with one attached hydrogen (secondary N) is 1. The molecule has 1 aliphatic rings. The molecule has 0 radical (unpaired) electrons. The van der Waals surface area contributed by atoms with Crippen LogP contribution in [0.5, 0.6) is 0 Å². The average molecular weight is 410 g/mol. The van der Waals surface area contributed by atoms with Crippen LogP contribution < -0.4 is 4.90 Å². The Hall–Kier alpha value is -2.86. The molecule has 4 rings (SSSR count). The predicted molar refractivity (Wildman–Crippen MR) is 112 cm³/mol. The first kappa shape index (κ1) is 19.5. The Morgan fingerprint density at radius 1 is 1.17 bits per heavy atom. The van der Waals surface area contributed by atoms with E-state index in [1.807, 2.05) is 35.2 Å². The summed E-state index contributed by atoms with van der Waals surface area (Å²) in [6, 6.07) is 16.9. The highest BCUT2D eigenvalue weighted by atomic mass is 32.2. The summed E-state index contributed by atoms with van der Waals surface area (Å²) in [5, 5.41) is 20.5. The Balaban J connectivity index is 1.88. The highest BCUT2D eigenvalue weighted by Gasteiger charge is 2.33. The van der Waals surface area contributed by atoms with Crippen LogP contribution in [0.1, 0.15) is 0 Å². The molecule has 0 aliphatic carbocycles. The minimum atomic E-state index is -3.60. The normalized spacial score (nSPS) is 19.8. The van der Waals surface area contributed by atoms with Crippen molar-refractivity contribution in [2.24, 2.45) is 5.92 Å². The van der Waals surface area contributed by atoms with E-state index < -0.39 is 22.0 Å². The Bertz CT molecular complexity index is 1180. The summed E-state index contributed by atoms with van der Waals surface area (Å²) in [7, 11) is -0.604. The van der Waals surface area contributed by atoms with Crippen LogP contribution in [-0.2, 0) is 10.0 Å². The molecular formula is C21H22N4O3S. The molecule has 0 unspecified atom stereocenters. The SMILES string of the molecule is CN(C)S(=O)(=O)c1ccc(N2C[C@@H](O)[C@H](C#N)C2)c(-c2cc3ccccc3[nH]2)c1. The summed E-state index contributed by atoms with van der Waals surface area (Å²) < 4.78 is 26.6. The average Bonchev–Trinajstić information content (AvgIpc) is 3.30. The van der Waals surface area contributed by atoms with Crippen molar-refractivity contribution < 1.29 is 13.5 Å². The highest BCUT2D eigenvalue weighted by Crippen LogP contribution is 2.37. The van der Waals surface area contributed by atoms with E-state index in [1.54, 1.807) is 18.2 Å². The molecule has 1 aliphatic heterocycles. The van der Waals surface area contributed by atoms with Crippen molar-refractivity contribution in [2.45, 2.75) is 11.0 Å². The molecule has 2 heterocycles. The number of para-hydroxylation sites is 1. The van der Waals surface area contributed by atoms with E-state index in [-0.39, 0.29) is 4.90 Å². The second-order valence-corrected chi connectivity index (χ2v) is 9.60. The number of anilines is 1. The standard InChI is InChI=1S/C21H22N4O3S/c1-24(2)29(27,28)16-7-8-20(25-12-15(11-22)21(26)13-25)17(10-16)19-9-14-5-3-4-6-18(14)23-19/h3-10,15,21,23,26H,12-13H2,1-2H3/t15-,21-/m1/s1. The third kappa shape index (κ3) is 3.38. The third-order valence-electron chi connectivity index (χ3n) is 5.36. The van der Waals surface area contributed by atoms with Crippen LogP contribution in [0.3, 0.4) is 0 Å². The summed E-state index contributed by atoms with van der Waals surface area (Å²) in [5.41, 5.74) is 3.23. The van der Waals surface area contributed by atoms with E-state index in [0.717, 1.165) is 27.8 Å². The lowest BCUT2D eigenvalue weighted by Crippen LogP contribution is -2.24. The number of nitrogens with zero attached hydrogens (tertiary/aromatic N) is 3. The summed E-state index contributed by atoms with van der Waals surface area (Å²) in [6.07, 6.45) is -0.735. The molecular weight excluding hydrogens is 388 g/mol. The van der Waals surface area contributed by atoms with E-state index in [1.165, 1.54) is 18.4 Å². The van der Waals surface area contributed by atoms with Gasteiger partial charge in [-0.25, -0.2) is 12.7 Å². The van der Waals surface area contributed by atoms with Crippen molar-refractivity contribution in [1.29, 1.82) is 5.26 Å². The van der Waals surface area contributed by atoms with Crippen LogP contribution in [0, 0.1) is 17.2 Å². The van der Waals surface area contributed by atoms with Crippen LogP contribution in [-0.4, -0.2) is 56.1 Å². The van der Waals surface area contributed by atoms with Crippen LogP contribution in [0.2, 0.25) is 0 Å². The molecule has 29 heavy (non-hydrogen) atoms. The summed E-state index contributed by atoms with van der Waals surface area (Å²) in [4.78, 5) is 5.48. The number of aliphatic hydroxyl groups excluding tert-OH is 1. The number of sulfonamides is 1. The molecule has 0 spiro atoms. The number of rotatable bonds is 4. The first-order valence-corrected chi connectivity index (χ1v) is 10.7. The second kappa shape index (κ2) is 7.19. The van der Waals surface area contributed by atoms with Gasteiger partial charge < -0.3 is 15.0 Å². The zero-order chi connectivity index (χ0) is 20.8. The van der Waals surface area contributed by atoms with Crippen molar-refractivity contribution in [2.75, 3.05) is 32.1 Å². The topological polar surface area (TPSA) is 100 Å². The maximum absolute atomic E-state index is 12.7. The van der Waals surface area contributed by atoms with Crippen LogP contribution in [0.4, 0.5) is 5.69 Å². The molecule has 0 bridgehead atoms. The molecule has 1 aromatic heterocycles. The van der Waals surface area contributed by atoms with E-state index in [9.17, 15) is 18.8 Å². The predicted octanol–water partition coefficient (Wildman–Crippen LogP) is 2.41. The quantitative estimate of drug-likeness (QED) is 0.688. The molecule has 8 heteroatoms. The van der Waals surface area contributed by atoms with Crippen molar-refractivity contribution in [3.63, 3.8) is 0 Å². The number of aromatic amines is 1. The van der Waals surface area contributed by atoms with Gasteiger partial charge in [-0.1, -0.05) is 18.2 Å². The smallest absolute Gasteiger partial charge is 0.242 e. The Morgan fingerprint density at radius 2 is 1.93 bits per heavy atom. The number of benzene rings is 2. The molecule has 1 saturated heterocycles. The molecule has 2 N–H and O–H groups in total. The van der Waals surface area contributed by atoms with Gasteiger partial charge in [0.1, 0.15) is 0 Å². The summed E-state index contributed by atoms with van der Waals surface area (Å²) in [5.74, 6) is -0.476. The number of hydrogen-bond donors (Lipinski definition) is 2. The largest absolute Gasteiger partial charge is 0.390 e. The van der Waals surface area contributed by atoms with Crippen molar-refractivity contribution >= 4 is 26.6 Å². The Labute approximate surface area is 169 Å². The fourth-order valence-electron chi connectivity index (χ4n) is 3.71. The number of nitriles is 1. The van der Waals surface area contributed by atoms with Gasteiger partial charge in [-0.15, -0.1) is 0 Å². The Morgan fingerprint density at radius 3 is 2.59 bits per heavy atom. The molecule has 0 saturated carbocycles. The fourth-order valence-corrected chi connectivity index (χ4v) is 4.64. The van der Waals surface area contributed by atoms with Crippen LogP contribution in [0.15, 0.2) is 53.4 Å². The van der Waals surface area contributed by atoms with Crippen LogP contribution in [0.25, 0.3) is 22.2 Å². The summed E-state index contributed by atoms with van der Waals surface area (Å²) >= 11 is 0. The fraction of sp³-hybridized carbons (Fsp3) is 0.286. The molecule has 2 aromatic carbocycles. The van der Waals surface area contributed by atoms with Gasteiger partial charge in [-0.05, 0) is 30.3 Å². The summed E-state index contributed by atoms with van der Waals surface area (Å²) in [6.45, 7) is 0.718. The van der Waals surface area contributed by atoms with Gasteiger partial charge in [0.15, 0.2) is 0 Å². The number of H-pyrrole nitrogens is 1. The van der Waals surface area contributed by atoms with Crippen LogP contribution >= 0.6 is 0 Å². The van der Waals surface area contributed by atoms with Gasteiger partial charge in [0.25, 0.3) is 0 Å². The first-order valence-electron chi connectivity index (χ1n) is 9.28. The number of fused-ring (bicyclic) bond motifs is 1. The van der Waals surface area contributed by atoms with Gasteiger partial charge in [0.2, 0.25) is 10.0 Å². The van der Waals surface area contributed by atoms with Crippen molar-refractivity contribution in [3.05, 3.63) is 48.5 Å². The van der Waals surface area contributed by atoms with E-state index in [4.69, 9.17) is 0 Å². The molecule has 3 aromatic rings. The van der Waals surface area contributed by atoms with Gasteiger partial charge in [-0.3, -0.25) is 0 Å². The van der Waals surface area contributed by atoms with Gasteiger partial charge in [0, 0.05) is 55.0 Å².